The van der Waals surface area contributed by atoms with E-state index in [0.717, 1.165) is 12.6 Å². The lowest BCUT2D eigenvalue weighted by Crippen LogP contribution is -2.34. The van der Waals surface area contributed by atoms with Crippen molar-refractivity contribution in [1.29, 1.82) is 0 Å². The predicted octanol–water partition coefficient (Wildman–Crippen LogP) is 1.16. The molecule has 3 N–H and O–H groups in total. The van der Waals surface area contributed by atoms with Gasteiger partial charge in [-0.25, -0.2) is 0 Å². The Bertz CT molecular complexity index is 295. The van der Waals surface area contributed by atoms with Gasteiger partial charge in [0.05, 0.1) is 12.4 Å². The third-order valence-electron chi connectivity index (χ3n) is 1.68. The lowest BCUT2D eigenvalue weighted by Gasteiger charge is -2.18. The molecule has 78 valence electrons. The fourth-order valence-electron chi connectivity index (χ4n) is 0.940. The number of rotatable bonds is 4. The molecule has 0 fully saturated rings. The van der Waals surface area contributed by atoms with Gasteiger partial charge in [-0.3, -0.25) is 4.98 Å². The quantitative estimate of drug-likeness (QED) is 0.762. The van der Waals surface area contributed by atoms with Crippen LogP contribution in [0.1, 0.15) is 20.3 Å². The number of hydrogen-bond donors (Lipinski definition) is 2. The van der Waals surface area contributed by atoms with E-state index in [0.29, 0.717) is 12.4 Å². The van der Waals surface area contributed by atoms with Crippen LogP contribution in [0.15, 0.2) is 12.4 Å². The van der Waals surface area contributed by atoms with E-state index >= 15 is 0 Å². The number of nitrogens with two attached hydrogens (primary N) is 1. The Kier molecular flexibility index (Phi) is 3.35. The van der Waals surface area contributed by atoms with Gasteiger partial charge in [-0.1, -0.05) is 0 Å². The van der Waals surface area contributed by atoms with Crippen LogP contribution in [0, 0.1) is 5.95 Å². The fraction of sp³-hybridized carbons (Fsp3) is 0.556. The second kappa shape index (κ2) is 4.32. The highest BCUT2D eigenvalue weighted by atomic mass is 19.1. The van der Waals surface area contributed by atoms with Gasteiger partial charge in [0.1, 0.15) is 5.82 Å². The van der Waals surface area contributed by atoms with Gasteiger partial charge in [-0.2, -0.15) is 9.37 Å². The zero-order valence-corrected chi connectivity index (χ0v) is 8.42. The molecule has 1 heterocycles. The van der Waals surface area contributed by atoms with E-state index in [2.05, 4.69) is 15.3 Å². The Balaban J connectivity index is 2.39. The van der Waals surface area contributed by atoms with Gasteiger partial charge in [-0.15, -0.1) is 0 Å². The number of hydrogen-bond acceptors (Lipinski definition) is 4. The minimum Gasteiger partial charge on any atom is -0.369 e. The third kappa shape index (κ3) is 4.13. The van der Waals surface area contributed by atoms with E-state index in [1.54, 1.807) is 0 Å². The Labute approximate surface area is 82.8 Å². The summed E-state index contributed by atoms with van der Waals surface area (Å²) in [5.74, 6) is -0.142. The van der Waals surface area contributed by atoms with E-state index in [9.17, 15) is 4.39 Å². The topological polar surface area (TPSA) is 63.8 Å². The van der Waals surface area contributed by atoms with Crippen molar-refractivity contribution in [1.82, 2.24) is 9.97 Å². The molecule has 0 saturated heterocycles. The summed E-state index contributed by atoms with van der Waals surface area (Å²) in [5, 5.41) is 2.95. The third-order valence-corrected chi connectivity index (χ3v) is 1.68. The molecule has 14 heavy (non-hydrogen) atoms. The molecular weight excluding hydrogens is 183 g/mol. The van der Waals surface area contributed by atoms with Crippen LogP contribution in [0.25, 0.3) is 0 Å². The number of aromatic nitrogens is 2. The minimum absolute atomic E-state index is 0.228. The summed E-state index contributed by atoms with van der Waals surface area (Å²) in [7, 11) is 0. The summed E-state index contributed by atoms with van der Waals surface area (Å²) in [4.78, 5) is 7.28. The normalized spacial score (nSPS) is 11.4. The minimum atomic E-state index is -0.581. The van der Waals surface area contributed by atoms with Crippen LogP contribution in [0.2, 0.25) is 0 Å². The van der Waals surface area contributed by atoms with Gasteiger partial charge in [0.15, 0.2) is 0 Å². The van der Waals surface area contributed by atoms with Gasteiger partial charge < -0.3 is 11.1 Å². The summed E-state index contributed by atoms with van der Waals surface area (Å²) in [6.07, 6.45) is 3.33. The largest absolute Gasteiger partial charge is 0.369 e. The van der Waals surface area contributed by atoms with E-state index in [4.69, 9.17) is 5.73 Å². The Morgan fingerprint density at radius 1 is 1.50 bits per heavy atom. The molecule has 0 amide bonds. The molecule has 0 aromatic carbocycles. The Hall–Kier alpha value is -1.23. The summed E-state index contributed by atoms with van der Waals surface area (Å²) >= 11 is 0. The first-order valence-corrected chi connectivity index (χ1v) is 4.48. The highest BCUT2D eigenvalue weighted by molar-refractivity contribution is 5.29. The highest BCUT2D eigenvalue weighted by Crippen LogP contribution is 2.05. The van der Waals surface area contributed by atoms with Crippen LogP contribution >= 0.6 is 0 Å². The van der Waals surface area contributed by atoms with Crippen LogP contribution in [-0.4, -0.2) is 22.1 Å². The average molecular weight is 198 g/mol. The first-order valence-electron chi connectivity index (χ1n) is 4.48. The van der Waals surface area contributed by atoms with Crippen molar-refractivity contribution in [2.75, 3.05) is 11.9 Å². The van der Waals surface area contributed by atoms with Gasteiger partial charge >= 0.3 is 0 Å². The molecule has 0 radical (unpaired) electrons. The molecule has 0 spiro atoms. The standard InChI is InChI=1S/C9H15FN4/c1-9(2,11)3-4-13-8-6-12-5-7(10)14-8/h5-6H,3-4,11H2,1-2H3,(H,13,14). The molecule has 0 aliphatic rings. The monoisotopic (exact) mass is 198 g/mol. The zero-order chi connectivity index (χ0) is 10.6. The van der Waals surface area contributed by atoms with Crippen LogP contribution < -0.4 is 11.1 Å². The molecular formula is C9H15FN4. The predicted molar refractivity (Wildman–Crippen MR) is 53.4 cm³/mol. The summed E-state index contributed by atoms with van der Waals surface area (Å²) < 4.78 is 12.6. The summed E-state index contributed by atoms with van der Waals surface area (Å²) in [6.45, 7) is 4.53. The van der Waals surface area contributed by atoms with E-state index < -0.39 is 5.95 Å². The lowest BCUT2D eigenvalue weighted by molar-refractivity contribution is 0.490. The van der Waals surface area contributed by atoms with Crippen molar-refractivity contribution in [2.24, 2.45) is 5.73 Å². The van der Waals surface area contributed by atoms with Crippen LogP contribution in [0.3, 0.4) is 0 Å². The van der Waals surface area contributed by atoms with Gasteiger partial charge in [0.2, 0.25) is 5.95 Å². The fourth-order valence-corrected chi connectivity index (χ4v) is 0.940. The molecule has 0 saturated carbocycles. The van der Waals surface area contributed by atoms with Crippen LogP contribution in [0.5, 0.6) is 0 Å². The molecule has 0 bridgehead atoms. The SMILES string of the molecule is CC(C)(N)CCNc1cncc(F)n1. The molecule has 0 unspecified atom stereocenters. The molecule has 0 aliphatic carbocycles. The van der Waals surface area contributed by atoms with Gasteiger partial charge in [-0.05, 0) is 20.3 Å². The molecule has 5 heteroatoms. The molecule has 0 atom stereocenters. The van der Waals surface area contributed by atoms with Gasteiger partial charge in [0.25, 0.3) is 0 Å². The first-order chi connectivity index (χ1) is 6.47. The lowest BCUT2D eigenvalue weighted by atomic mass is 10.0. The van der Waals surface area contributed by atoms with E-state index in [1.807, 2.05) is 13.8 Å². The number of nitrogens with one attached hydrogen (secondary N) is 1. The smallest absolute Gasteiger partial charge is 0.233 e. The molecule has 4 nitrogen and oxygen atoms in total. The molecule has 1 aromatic heterocycles. The summed E-state index contributed by atoms with van der Waals surface area (Å²) in [6, 6.07) is 0. The van der Waals surface area contributed by atoms with E-state index in [-0.39, 0.29) is 5.54 Å². The van der Waals surface area contributed by atoms with Crippen molar-refractivity contribution in [3.63, 3.8) is 0 Å². The highest BCUT2D eigenvalue weighted by Gasteiger charge is 2.09. The molecule has 0 aliphatic heterocycles. The van der Waals surface area contributed by atoms with Crippen molar-refractivity contribution in [3.05, 3.63) is 18.3 Å². The second-order valence-electron chi connectivity index (χ2n) is 3.89. The number of anilines is 1. The Morgan fingerprint density at radius 2 is 2.21 bits per heavy atom. The maximum atomic E-state index is 12.6. The van der Waals surface area contributed by atoms with Crippen molar-refractivity contribution < 1.29 is 4.39 Å². The average Bonchev–Trinajstić information content (AvgIpc) is 2.01. The number of halogens is 1. The first kappa shape index (κ1) is 10.8. The molecule has 1 aromatic rings. The number of nitrogens with zero attached hydrogens (tertiary/aromatic N) is 2. The Morgan fingerprint density at radius 3 is 2.79 bits per heavy atom. The van der Waals surface area contributed by atoms with Crippen LogP contribution in [0.4, 0.5) is 10.2 Å². The summed E-state index contributed by atoms with van der Waals surface area (Å²) in [5.41, 5.74) is 5.55. The maximum absolute atomic E-state index is 12.6. The van der Waals surface area contributed by atoms with E-state index in [1.165, 1.54) is 6.20 Å². The zero-order valence-electron chi connectivity index (χ0n) is 8.42. The maximum Gasteiger partial charge on any atom is 0.233 e. The van der Waals surface area contributed by atoms with Crippen molar-refractivity contribution in [3.8, 4) is 0 Å². The van der Waals surface area contributed by atoms with Crippen LogP contribution in [-0.2, 0) is 0 Å². The van der Waals surface area contributed by atoms with Gasteiger partial charge in [0, 0.05) is 12.1 Å². The van der Waals surface area contributed by atoms with Crippen molar-refractivity contribution >= 4 is 5.82 Å². The molecule has 1 rings (SSSR count). The van der Waals surface area contributed by atoms with Crippen molar-refractivity contribution in [2.45, 2.75) is 25.8 Å². The second-order valence-corrected chi connectivity index (χ2v) is 3.89.